The number of methoxy groups -OCH3 is 1. The summed E-state index contributed by atoms with van der Waals surface area (Å²) < 4.78 is 4.95. The molecule has 0 fully saturated rings. The van der Waals surface area contributed by atoms with Crippen LogP contribution in [0.2, 0.25) is 0 Å². The van der Waals surface area contributed by atoms with Crippen molar-refractivity contribution in [2.75, 3.05) is 33.4 Å². The zero-order valence-electron chi connectivity index (χ0n) is 8.72. The zero-order valence-corrected chi connectivity index (χ0v) is 8.72. The van der Waals surface area contributed by atoms with Gasteiger partial charge in [0.2, 0.25) is 0 Å². The van der Waals surface area contributed by atoms with Crippen LogP contribution in [0.25, 0.3) is 0 Å². The Balaban J connectivity index is 2.76. The molecule has 0 aliphatic carbocycles. The average molecular weight is 189 g/mol. The normalized spacial score (nSPS) is 10.6. The van der Waals surface area contributed by atoms with E-state index in [0.29, 0.717) is 6.61 Å². The predicted molar refractivity (Wildman–Crippen MR) is 54.9 cm³/mol. The van der Waals surface area contributed by atoms with Crippen molar-refractivity contribution in [1.29, 1.82) is 0 Å². The van der Waals surface area contributed by atoms with E-state index in [1.807, 2.05) is 0 Å². The summed E-state index contributed by atoms with van der Waals surface area (Å²) in [7, 11) is 1.74. The van der Waals surface area contributed by atoms with Gasteiger partial charge in [0.15, 0.2) is 0 Å². The zero-order chi connectivity index (χ0) is 9.78. The number of ether oxygens (including phenoxy) is 1. The van der Waals surface area contributed by atoms with Gasteiger partial charge >= 0.3 is 0 Å². The molecule has 0 heterocycles. The smallest absolute Gasteiger partial charge is 0.0462 e. The molecule has 0 saturated carbocycles. The molecule has 0 aromatic carbocycles. The van der Waals surface area contributed by atoms with Crippen LogP contribution in [0.5, 0.6) is 0 Å². The number of aliphatic hydroxyl groups is 1. The molecule has 0 aromatic heterocycles. The van der Waals surface area contributed by atoms with Crippen LogP contribution >= 0.6 is 0 Å². The third kappa shape index (κ3) is 11.9. The standard InChI is InChI=1S/C10H23NO2/c1-13-10-6-2-3-7-11-8-4-5-9-12/h11-12H,2-10H2,1H3. The summed E-state index contributed by atoms with van der Waals surface area (Å²) in [4.78, 5) is 0. The van der Waals surface area contributed by atoms with Crippen LogP contribution in [0.1, 0.15) is 32.1 Å². The number of unbranched alkanes of at least 4 members (excludes halogenated alkanes) is 3. The molecule has 0 unspecified atom stereocenters. The van der Waals surface area contributed by atoms with Gasteiger partial charge in [-0.25, -0.2) is 0 Å². The highest BCUT2D eigenvalue weighted by Gasteiger charge is 1.89. The molecule has 2 N–H and O–H groups in total. The minimum Gasteiger partial charge on any atom is -0.396 e. The quantitative estimate of drug-likeness (QED) is 0.507. The number of aliphatic hydroxyl groups excluding tert-OH is 1. The molecule has 0 aliphatic rings. The minimum absolute atomic E-state index is 0.315. The van der Waals surface area contributed by atoms with Gasteiger partial charge in [-0.3, -0.25) is 0 Å². The van der Waals surface area contributed by atoms with Crippen LogP contribution in [0.15, 0.2) is 0 Å². The van der Waals surface area contributed by atoms with Gasteiger partial charge in [0.1, 0.15) is 0 Å². The highest BCUT2D eigenvalue weighted by atomic mass is 16.5. The molecule has 0 saturated heterocycles. The fraction of sp³-hybridized carbons (Fsp3) is 1.00. The van der Waals surface area contributed by atoms with Gasteiger partial charge in [-0.1, -0.05) is 0 Å². The summed E-state index contributed by atoms with van der Waals surface area (Å²) >= 11 is 0. The Hall–Kier alpha value is -0.120. The fourth-order valence-corrected chi connectivity index (χ4v) is 1.16. The molecular weight excluding hydrogens is 166 g/mol. The van der Waals surface area contributed by atoms with E-state index in [2.05, 4.69) is 5.32 Å². The Morgan fingerprint density at radius 3 is 2.31 bits per heavy atom. The van der Waals surface area contributed by atoms with Crippen molar-refractivity contribution in [2.24, 2.45) is 0 Å². The predicted octanol–water partition coefficient (Wildman–Crippen LogP) is 1.17. The first kappa shape index (κ1) is 12.9. The minimum atomic E-state index is 0.315. The molecule has 3 heteroatoms. The monoisotopic (exact) mass is 189 g/mol. The molecular formula is C10H23NO2. The Morgan fingerprint density at radius 1 is 1.00 bits per heavy atom. The van der Waals surface area contributed by atoms with Gasteiger partial charge in [-0.2, -0.15) is 0 Å². The third-order valence-corrected chi connectivity index (χ3v) is 1.96. The highest BCUT2D eigenvalue weighted by molar-refractivity contribution is 4.49. The van der Waals surface area contributed by atoms with Gasteiger partial charge in [-0.05, 0) is 45.2 Å². The van der Waals surface area contributed by atoms with Gasteiger partial charge < -0.3 is 15.2 Å². The van der Waals surface area contributed by atoms with Crippen LogP contribution in [0, 0.1) is 0 Å². The SMILES string of the molecule is COCCCCCNCCCCO. The topological polar surface area (TPSA) is 41.5 Å². The third-order valence-electron chi connectivity index (χ3n) is 1.96. The van der Waals surface area contributed by atoms with Crippen molar-refractivity contribution in [1.82, 2.24) is 5.32 Å². The van der Waals surface area contributed by atoms with E-state index < -0.39 is 0 Å². The lowest BCUT2D eigenvalue weighted by atomic mass is 10.2. The summed E-state index contributed by atoms with van der Waals surface area (Å²) in [5.74, 6) is 0. The van der Waals surface area contributed by atoms with Crippen LogP contribution in [0.3, 0.4) is 0 Å². The number of hydrogen-bond donors (Lipinski definition) is 2. The van der Waals surface area contributed by atoms with Crippen molar-refractivity contribution in [2.45, 2.75) is 32.1 Å². The van der Waals surface area contributed by atoms with Crippen LogP contribution in [-0.2, 0) is 4.74 Å². The lowest BCUT2D eigenvalue weighted by molar-refractivity contribution is 0.192. The second-order valence-electron chi connectivity index (χ2n) is 3.23. The van der Waals surface area contributed by atoms with E-state index >= 15 is 0 Å². The number of nitrogens with one attached hydrogen (secondary N) is 1. The first-order valence-corrected chi connectivity index (χ1v) is 5.22. The van der Waals surface area contributed by atoms with Gasteiger partial charge in [-0.15, -0.1) is 0 Å². The maximum atomic E-state index is 8.52. The van der Waals surface area contributed by atoms with Crippen molar-refractivity contribution in [3.8, 4) is 0 Å². The molecule has 0 amide bonds. The van der Waals surface area contributed by atoms with Gasteiger partial charge in [0, 0.05) is 20.3 Å². The van der Waals surface area contributed by atoms with E-state index in [4.69, 9.17) is 9.84 Å². The first-order chi connectivity index (χ1) is 6.41. The number of hydrogen-bond acceptors (Lipinski definition) is 3. The largest absolute Gasteiger partial charge is 0.396 e. The molecule has 0 atom stereocenters. The van der Waals surface area contributed by atoms with Crippen molar-refractivity contribution >= 4 is 0 Å². The Morgan fingerprint density at radius 2 is 1.69 bits per heavy atom. The summed E-state index contributed by atoms with van der Waals surface area (Å²) in [5, 5.41) is 11.9. The molecule has 0 radical (unpaired) electrons. The van der Waals surface area contributed by atoms with Crippen molar-refractivity contribution in [3.05, 3.63) is 0 Å². The van der Waals surface area contributed by atoms with Crippen molar-refractivity contribution in [3.63, 3.8) is 0 Å². The van der Waals surface area contributed by atoms with Gasteiger partial charge in [0.05, 0.1) is 0 Å². The first-order valence-electron chi connectivity index (χ1n) is 5.22. The lowest BCUT2D eigenvalue weighted by Gasteiger charge is -2.03. The van der Waals surface area contributed by atoms with Gasteiger partial charge in [0.25, 0.3) is 0 Å². The molecule has 0 spiro atoms. The summed E-state index contributed by atoms with van der Waals surface area (Å²) in [6, 6.07) is 0. The summed E-state index contributed by atoms with van der Waals surface area (Å²) in [6.07, 6.45) is 5.61. The second-order valence-corrected chi connectivity index (χ2v) is 3.23. The molecule has 3 nitrogen and oxygen atoms in total. The Labute approximate surface area is 81.5 Å². The maximum Gasteiger partial charge on any atom is 0.0462 e. The number of rotatable bonds is 10. The molecule has 0 aromatic rings. The molecule has 80 valence electrons. The summed E-state index contributed by atoms with van der Waals surface area (Å²) in [6.45, 7) is 3.32. The molecule has 13 heavy (non-hydrogen) atoms. The maximum absolute atomic E-state index is 8.52. The van der Waals surface area contributed by atoms with Crippen LogP contribution in [0.4, 0.5) is 0 Å². The molecule has 0 bridgehead atoms. The second kappa shape index (κ2) is 11.9. The Kier molecular flexibility index (Phi) is 11.8. The van der Waals surface area contributed by atoms with E-state index in [0.717, 1.165) is 39.0 Å². The van der Waals surface area contributed by atoms with Crippen LogP contribution in [-0.4, -0.2) is 38.5 Å². The van der Waals surface area contributed by atoms with E-state index in [1.165, 1.54) is 12.8 Å². The van der Waals surface area contributed by atoms with Crippen molar-refractivity contribution < 1.29 is 9.84 Å². The van der Waals surface area contributed by atoms with E-state index in [9.17, 15) is 0 Å². The van der Waals surface area contributed by atoms with Crippen LogP contribution < -0.4 is 5.32 Å². The van der Waals surface area contributed by atoms with E-state index in [-0.39, 0.29) is 0 Å². The Bertz CT molecular complexity index is 79.0. The molecule has 0 aliphatic heterocycles. The lowest BCUT2D eigenvalue weighted by Crippen LogP contribution is -2.16. The molecule has 0 rings (SSSR count). The average Bonchev–Trinajstić information content (AvgIpc) is 2.16. The fourth-order valence-electron chi connectivity index (χ4n) is 1.16. The summed E-state index contributed by atoms with van der Waals surface area (Å²) in [5.41, 5.74) is 0. The van der Waals surface area contributed by atoms with E-state index in [1.54, 1.807) is 7.11 Å². The highest BCUT2D eigenvalue weighted by Crippen LogP contribution is 1.93.